The lowest BCUT2D eigenvalue weighted by molar-refractivity contribution is -0.150. The molecule has 0 radical (unpaired) electrons. The molecule has 0 aromatic heterocycles. The van der Waals surface area contributed by atoms with E-state index in [1.54, 1.807) is 20.8 Å². The fourth-order valence-corrected chi connectivity index (χ4v) is 2.07. The monoisotopic (exact) mass is 289 g/mol. The van der Waals surface area contributed by atoms with E-state index < -0.39 is 29.8 Å². The van der Waals surface area contributed by atoms with Gasteiger partial charge in [0.15, 0.2) is 6.04 Å². The molecule has 1 aliphatic rings. The molecule has 7 heteroatoms. The molecule has 0 aromatic rings. The van der Waals surface area contributed by atoms with Crippen LogP contribution >= 0.6 is 0 Å². The van der Waals surface area contributed by atoms with Crippen molar-refractivity contribution >= 4 is 12.1 Å². The quantitative estimate of drug-likeness (QED) is 0.761. The summed E-state index contributed by atoms with van der Waals surface area (Å²) in [5.74, 6) is -0.545. The van der Waals surface area contributed by atoms with Crippen LogP contribution in [0, 0.1) is 0 Å². The van der Waals surface area contributed by atoms with Crippen LogP contribution in [0.5, 0.6) is 0 Å². The maximum atomic E-state index is 12.1. The van der Waals surface area contributed by atoms with Crippen molar-refractivity contribution in [3.8, 4) is 0 Å². The maximum Gasteiger partial charge on any atom is 0.411 e. The van der Waals surface area contributed by atoms with Gasteiger partial charge in [0.1, 0.15) is 5.60 Å². The fraction of sp³-hybridized carbons (Fsp3) is 0.846. The van der Waals surface area contributed by atoms with Crippen LogP contribution < -0.4 is 0 Å². The predicted molar refractivity (Wildman–Crippen MR) is 70.2 cm³/mol. The molecular weight excluding hydrogens is 266 g/mol. The summed E-state index contributed by atoms with van der Waals surface area (Å²) in [5, 5.41) is 8.79. The summed E-state index contributed by atoms with van der Waals surface area (Å²) in [4.78, 5) is 25.3. The van der Waals surface area contributed by atoms with Gasteiger partial charge in [-0.05, 0) is 27.2 Å². The van der Waals surface area contributed by atoms with E-state index in [0.29, 0.717) is 13.0 Å². The Morgan fingerprint density at radius 1 is 1.35 bits per heavy atom. The van der Waals surface area contributed by atoms with Gasteiger partial charge in [-0.1, -0.05) is 0 Å². The van der Waals surface area contributed by atoms with Gasteiger partial charge >= 0.3 is 12.1 Å². The number of carbonyl (C=O) groups excluding carboxylic acids is 2. The number of aliphatic hydroxyl groups is 1. The second kappa shape index (κ2) is 6.90. The first-order chi connectivity index (χ1) is 9.30. The Morgan fingerprint density at radius 3 is 2.50 bits per heavy atom. The largest absolute Gasteiger partial charge is 0.467 e. The number of methoxy groups -OCH3 is 1. The van der Waals surface area contributed by atoms with E-state index in [-0.39, 0.29) is 13.2 Å². The van der Waals surface area contributed by atoms with Gasteiger partial charge in [0.25, 0.3) is 0 Å². The van der Waals surface area contributed by atoms with Crippen molar-refractivity contribution in [2.24, 2.45) is 0 Å². The Morgan fingerprint density at radius 2 is 2.00 bits per heavy atom. The zero-order valence-electron chi connectivity index (χ0n) is 12.4. The summed E-state index contributed by atoms with van der Waals surface area (Å²) in [6.45, 7) is 5.59. The first kappa shape index (κ1) is 16.7. The minimum Gasteiger partial charge on any atom is -0.467 e. The van der Waals surface area contributed by atoms with Crippen molar-refractivity contribution in [3.63, 3.8) is 0 Å². The molecule has 20 heavy (non-hydrogen) atoms. The zero-order valence-corrected chi connectivity index (χ0v) is 12.4. The minimum atomic E-state index is -0.832. The summed E-state index contributed by atoms with van der Waals surface area (Å²) in [7, 11) is 1.26. The highest BCUT2D eigenvalue weighted by molar-refractivity contribution is 5.83. The van der Waals surface area contributed by atoms with Gasteiger partial charge < -0.3 is 19.3 Å². The second-order valence-electron chi connectivity index (χ2n) is 5.56. The van der Waals surface area contributed by atoms with Crippen molar-refractivity contribution < 1.29 is 28.9 Å². The van der Waals surface area contributed by atoms with Crippen LogP contribution in [0.4, 0.5) is 4.79 Å². The zero-order chi connectivity index (χ0) is 15.3. The number of hydrogen-bond donors (Lipinski definition) is 1. The molecule has 1 aliphatic heterocycles. The number of carbonyl (C=O) groups is 2. The molecule has 1 N–H and O–H groups in total. The van der Waals surface area contributed by atoms with Gasteiger partial charge in [-0.3, -0.25) is 4.90 Å². The van der Waals surface area contributed by atoms with Gasteiger partial charge in [0.05, 0.1) is 26.4 Å². The average Bonchev–Trinajstić information content (AvgIpc) is 2.77. The van der Waals surface area contributed by atoms with Gasteiger partial charge in [-0.2, -0.15) is 0 Å². The number of likely N-dealkylation sites (tertiary alicyclic amines) is 1. The molecule has 0 aliphatic carbocycles. The lowest BCUT2D eigenvalue weighted by atomic mass is 10.1. The molecule has 1 rings (SSSR count). The number of hydrogen-bond acceptors (Lipinski definition) is 6. The Bertz CT molecular complexity index is 351. The van der Waals surface area contributed by atoms with E-state index in [0.717, 1.165) is 0 Å². The molecule has 116 valence electrons. The van der Waals surface area contributed by atoms with Crippen molar-refractivity contribution in [3.05, 3.63) is 0 Å². The molecule has 0 aromatic carbocycles. The van der Waals surface area contributed by atoms with E-state index in [4.69, 9.17) is 19.3 Å². The van der Waals surface area contributed by atoms with Crippen molar-refractivity contribution in [2.75, 3.05) is 26.9 Å². The Labute approximate surface area is 118 Å². The molecule has 7 nitrogen and oxygen atoms in total. The Kier molecular flexibility index (Phi) is 5.76. The summed E-state index contributed by atoms with van der Waals surface area (Å²) < 4.78 is 15.4. The van der Waals surface area contributed by atoms with E-state index >= 15 is 0 Å². The highest BCUT2D eigenvalue weighted by Crippen LogP contribution is 2.24. The molecule has 0 unspecified atom stereocenters. The summed E-state index contributed by atoms with van der Waals surface area (Å²) in [6, 6.07) is -0.832. The molecular formula is C13H23NO6. The highest BCUT2D eigenvalue weighted by Gasteiger charge is 2.44. The number of aliphatic hydroxyl groups excluding tert-OH is 1. The lowest BCUT2D eigenvalue weighted by Crippen LogP contribution is -2.48. The van der Waals surface area contributed by atoms with Crippen LogP contribution in [-0.4, -0.2) is 66.7 Å². The summed E-state index contributed by atoms with van der Waals surface area (Å²) >= 11 is 0. The predicted octanol–water partition coefficient (Wildman–Crippen LogP) is 0.546. The molecule has 1 amide bonds. The highest BCUT2D eigenvalue weighted by atomic mass is 16.6. The second-order valence-corrected chi connectivity index (χ2v) is 5.56. The van der Waals surface area contributed by atoms with Gasteiger partial charge in [-0.25, -0.2) is 9.59 Å². The van der Waals surface area contributed by atoms with Crippen molar-refractivity contribution in [1.82, 2.24) is 4.90 Å². The van der Waals surface area contributed by atoms with Gasteiger partial charge in [0.2, 0.25) is 0 Å². The van der Waals surface area contributed by atoms with Crippen LogP contribution in [0.25, 0.3) is 0 Å². The molecule has 1 saturated heterocycles. The summed E-state index contributed by atoms with van der Waals surface area (Å²) in [5.41, 5.74) is -0.637. The third-order valence-electron chi connectivity index (χ3n) is 2.84. The van der Waals surface area contributed by atoms with Gasteiger partial charge in [0, 0.05) is 6.54 Å². The topological polar surface area (TPSA) is 85.3 Å². The van der Waals surface area contributed by atoms with Crippen LogP contribution in [0.1, 0.15) is 27.2 Å². The third kappa shape index (κ3) is 4.35. The smallest absolute Gasteiger partial charge is 0.411 e. The van der Waals surface area contributed by atoms with Crippen LogP contribution in [-0.2, 0) is 19.0 Å². The molecule has 1 fully saturated rings. The fourth-order valence-electron chi connectivity index (χ4n) is 2.07. The Balaban J connectivity index is 2.79. The van der Waals surface area contributed by atoms with E-state index in [2.05, 4.69) is 0 Å². The number of rotatable bonds is 4. The summed E-state index contributed by atoms with van der Waals surface area (Å²) in [6.07, 6.45) is -0.552. The number of ether oxygens (including phenoxy) is 3. The standard InChI is InChI=1S/C13H23NO6/c1-13(2,3)20-12(17)14-6-5-9(19-8-7-15)10(14)11(16)18-4/h9-10,15H,5-8H2,1-4H3/t9-,10-/m0/s1. The van der Waals surface area contributed by atoms with Crippen LogP contribution in [0.15, 0.2) is 0 Å². The number of esters is 1. The van der Waals surface area contributed by atoms with Crippen molar-refractivity contribution in [1.29, 1.82) is 0 Å². The number of nitrogens with zero attached hydrogens (tertiary/aromatic N) is 1. The van der Waals surface area contributed by atoms with E-state index in [1.807, 2.05) is 0 Å². The number of amides is 1. The van der Waals surface area contributed by atoms with E-state index in [1.165, 1.54) is 12.0 Å². The molecule has 0 bridgehead atoms. The van der Waals surface area contributed by atoms with E-state index in [9.17, 15) is 9.59 Å². The third-order valence-corrected chi connectivity index (χ3v) is 2.84. The molecule has 1 heterocycles. The molecule has 2 atom stereocenters. The first-order valence-electron chi connectivity index (χ1n) is 6.60. The molecule has 0 spiro atoms. The normalized spacial score (nSPS) is 22.8. The van der Waals surface area contributed by atoms with Gasteiger partial charge in [-0.15, -0.1) is 0 Å². The maximum absolute atomic E-state index is 12.1. The Hall–Kier alpha value is -1.34. The first-order valence-corrected chi connectivity index (χ1v) is 6.60. The SMILES string of the molecule is COC(=O)[C@@H]1[C@@H](OCCO)CCN1C(=O)OC(C)(C)C. The lowest BCUT2D eigenvalue weighted by Gasteiger charge is -2.28. The van der Waals surface area contributed by atoms with Crippen LogP contribution in [0.2, 0.25) is 0 Å². The van der Waals surface area contributed by atoms with Crippen LogP contribution in [0.3, 0.4) is 0 Å². The minimum absolute atomic E-state index is 0.111. The molecule has 0 saturated carbocycles. The average molecular weight is 289 g/mol. The van der Waals surface area contributed by atoms with Crippen molar-refractivity contribution in [2.45, 2.75) is 44.9 Å².